The molecule has 0 radical (unpaired) electrons. The highest BCUT2D eigenvalue weighted by molar-refractivity contribution is 7.95. The molecule has 30 heavy (non-hydrogen) atoms. The van der Waals surface area contributed by atoms with Crippen molar-refractivity contribution >= 4 is 44.7 Å². The fourth-order valence-corrected chi connectivity index (χ4v) is 8.87. The third-order valence-electron chi connectivity index (χ3n) is 5.35. The lowest BCUT2D eigenvalue weighted by Crippen LogP contribution is -3.00. The summed E-state index contributed by atoms with van der Waals surface area (Å²) in [5.74, 6) is 0. The van der Waals surface area contributed by atoms with Crippen molar-refractivity contribution in [2.24, 2.45) is 0 Å². The maximum absolute atomic E-state index is 5.03. The summed E-state index contributed by atoms with van der Waals surface area (Å²) in [6.07, 6.45) is 0.914. The zero-order chi connectivity index (χ0) is 19.5. The summed E-state index contributed by atoms with van der Waals surface area (Å²) in [6.45, 7) is 0. The van der Waals surface area contributed by atoms with Crippen molar-refractivity contribution in [1.82, 2.24) is 4.98 Å². The molecule has 1 nitrogen and oxygen atoms in total. The van der Waals surface area contributed by atoms with E-state index in [0.717, 1.165) is 17.4 Å². The lowest BCUT2D eigenvalue weighted by Gasteiger charge is -2.27. The number of thiophene rings is 1. The lowest BCUT2D eigenvalue weighted by atomic mass is 10.3. The lowest BCUT2D eigenvalue weighted by molar-refractivity contribution is -0.00000558. The van der Waals surface area contributed by atoms with E-state index in [4.69, 9.17) is 4.98 Å². The van der Waals surface area contributed by atoms with E-state index in [1.54, 1.807) is 11.3 Å². The Morgan fingerprint density at radius 2 is 1.10 bits per heavy atom. The van der Waals surface area contributed by atoms with Crippen LogP contribution in [-0.2, 0) is 6.16 Å². The fraction of sp³-hybridized carbons (Fsp3) is 0.0385. The summed E-state index contributed by atoms with van der Waals surface area (Å²) in [5.41, 5.74) is 2.25. The zero-order valence-electron chi connectivity index (χ0n) is 16.4. The van der Waals surface area contributed by atoms with Crippen LogP contribution in [0.2, 0.25) is 0 Å². The minimum atomic E-state index is -1.89. The minimum absolute atomic E-state index is 0. The Morgan fingerprint density at radius 1 is 0.600 bits per heavy atom. The van der Waals surface area contributed by atoms with Crippen molar-refractivity contribution in [3.05, 3.63) is 120 Å². The largest absolute Gasteiger partial charge is 1.00 e. The van der Waals surface area contributed by atoms with Crippen LogP contribution in [0.25, 0.3) is 10.2 Å². The molecular formula is C26H21ClNPS. The maximum Gasteiger partial charge on any atom is 0.118 e. The third-order valence-corrected chi connectivity index (χ3v) is 10.6. The number of aromatic nitrogens is 1. The molecule has 0 amide bonds. The summed E-state index contributed by atoms with van der Waals surface area (Å²) in [4.78, 5) is 5.03. The molecule has 0 unspecified atom stereocenters. The van der Waals surface area contributed by atoms with Gasteiger partial charge in [0.05, 0.1) is 15.9 Å². The van der Waals surface area contributed by atoms with Crippen LogP contribution in [0, 0.1) is 0 Å². The molecule has 2 heterocycles. The molecule has 0 saturated carbocycles. The van der Waals surface area contributed by atoms with Gasteiger partial charge in [-0.1, -0.05) is 54.6 Å². The van der Waals surface area contributed by atoms with Crippen molar-refractivity contribution in [2.75, 3.05) is 0 Å². The van der Waals surface area contributed by atoms with Crippen LogP contribution in [0.15, 0.2) is 115 Å². The number of hydrogen-bond donors (Lipinski definition) is 0. The fourth-order valence-electron chi connectivity index (χ4n) is 3.99. The number of benzene rings is 3. The number of halogens is 1. The highest BCUT2D eigenvalue weighted by Gasteiger charge is 2.45. The molecule has 0 atom stereocenters. The van der Waals surface area contributed by atoms with E-state index in [2.05, 4.69) is 115 Å². The molecule has 0 aliphatic carbocycles. The third kappa shape index (κ3) is 3.79. The Morgan fingerprint density at radius 3 is 1.60 bits per heavy atom. The van der Waals surface area contributed by atoms with Gasteiger partial charge in [0.15, 0.2) is 0 Å². The topological polar surface area (TPSA) is 12.9 Å². The van der Waals surface area contributed by atoms with Crippen molar-refractivity contribution in [2.45, 2.75) is 6.16 Å². The van der Waals surface area contributed by atoms with E-state index in [1.807, 2.05) is 0 Å². The van der Waals surface area contributed by atoms with Crippen molar-refractivity contribution in [1.29, 1.82) is 0 Å². The predicted molar refractivity (Wildman–Crippen MR) is 128 cm³/mol. The Labute approximate surface area is 188 Å². The monoisotopic (exact) mass is 445 g/mol. The first kappa shape index (κ1) is 20.8. The van der Waals surface area contributed by atoms with Gasteiger partial charge in [-0.15, -0.1) is 11.3 Å². The smallest absolute Gasteiger partial charge is 0.118 e. The second-order valence-electron chi connectivity index (χ2n) is 7.08. The molecule has 5 aromatic rings. The zero-order valence-corrected chi connectivity index (χ0v) is 18.8. The van der Waals surface area contributed by atoms with Crippen molar-refractivity contribution < 1.29 is 12.4 Å². The Kier molecular flexibility index (Phi) is 6.29. The minimum Gasteiger partial charge on any atom is -1.00 e. The summed E-state index contributed by atoms with van der Waals surface area (Å²) < 4.78 is 1.25. The van der Waals surface area contributed by atoms with Gasteiger partial charge in [0.1, 0.15) is 29.3 Å². The molecule has 5 rings (SSSR count). The molecule has 0 spiro atoms. The first-order valence-electron chi connectivity index (χ1n) is 9.74. The highest BCUT2D eigenvalue weighted by atomic mass is 35.5. The Hall–Kier alpha value is -2.51. The molecule has 148 valence electrons. The molecule has 3 aromatic carbocycles. The molecular weight excluding hydrogens is 425 g/mol. The second kappa shape index (κ2) is 9.10. The quantitative estimate of drug-likeness (QED) is 0.379. The number of nitrogens with zero attached hydrogens (tertiary/aromatic N) is 1. The first-order valence-corrected chi connectivity index (χ1v) is 12.6. The average Bonchev–Trinajstić information content (AvgIpc) is 3.27. The van der Waals surface area contributed by atoms with Crippen molar-refractivity contribution in [3.63, 3.8) is 0 Å². The van der Waals surface area contributed by atoms with Crippen LogP contribution < -0.4 is 28.3 Å². The summed E-state index contributed by atoms with van der Waals surface area (Å²) >= 11 is 1.75. The van der Waals surface area contributed by atoms with Crippen LogP contribution in [0.5, 0.6) is 0 Å². The highest BCUT2D eigenvalue weighted by Crippen LogP contribution is 2.57. The van der Waals surface area contributed by atoms with Crippen LogP contribution in [0.1, 0.15) is 5.69 Å². The van der Waals surface area contributed by atoms with Gasteiger partial charge in [-0.2, -0.15) is 0 Å². The second-order valence-corrected chi connectivity index (χ2v) is 11.5. The van der Waals surface area contributed by atoms with Gasteiger partial charge in [0.2, 0.25) is 0 Å². The van der Waals surface area contributed by atoms with Gasteiger partial charge < -0.3 is 12.4 Å². The standard InChI is InChI=1S/C26H21NPS.ClH/c1-4-10-22(11-5-1)28(23-12-6-2-7-13-23,24-14-8-3-9-15-24)20-21-16-17-26-25(27-21)18-19-29-26;/h1-19H,20H2;1H/q+1;/p-1. The SMILES string of the molecule is [Cl-].c1ccc([P+](Cc2ccc3sccc3n2)(c2ccccc2)c2ccccc2)cc1. The molecule has 2 aromatic heterocycles. The number of rotatable bonds is 5. The van der Waals surface area contributed by atoms with Crippen LogP contribution in [0.4, 0.5) is 0 Å². The van der Waals surface area contributed by atoms with Gasteiger partial charge in [-0.05, 0) is 60.0 Å². The van der Waals surface area contributed by atoms with E-state index in [0.29, 0.717) is 0 Å². The van der Waals surface area contributed by atoms with E-state index in [9.17, 15) is 0 Å². The molecule has 4 heteroatoms. The first-order chi connectivity index (χ1) is 14.4. The van der Waals surface area contributed by atoms with Gasteiger partial charge in [-0.3, -0.25) is 0 Å². The molecule has 0 saturated heterocycles. The van der Waals surface area contributed by atoms with E-state index in [-0.39, 0.29) is 12.4 Å². The van der Waals surface area contributed by atoms with Gasteiger partial charge in [-0.25, -0.2) is 4.98 Å². The summed E-state index contributed by atoms with van der Waals surface area (Å²) in [6, 6.07) is 39.5. The van der Waals surface area contributed by atoms with E-state index in [1.165, 1.54) is 20.6 Å². The number of fused-ring (bicyclic) bond motifs is 1. The normalized spacial score (nSPS) is 11.2. The molecule has 0 fully saturated rings. The average molecular weight is 446 g/mol. The molecule has 0 aliphatic rings. The number of hydrogen-bond acceptors (Lipinski definition) is 2. The summed E-state index contributed by atoms with van der Waals surface area (Å²) in [7, 11) is -1.89. The molecule has 0 N–H and O–H groups in total. The molecule has 0 aliphatic heterocycles. The van der Waals surface area contributed by atoms with Crippen LogP contribution in [0.3, 0.4) is 0 Å². The van der Waals surface area contributed by atoms with E-state index < -0.39 is 7.26 Å². The predicted octanol–water partition coefficient (Wildman–Crippen LogP) is 2.79. The summed E-state index contributed by atoms with van der Waals surface area (Å²) in [5, 5.41) is 6.30. The van der Waals surface area contributed by atoms with Crippen LogP contribution >= 0.6 is 18.6 Å². The van der Waals surface area contributed by atoms with E-state index >= 15 is 0 Å². The Balaban J connectivity index is 0.00000218. The molecule has 0 bridgehead atoms. The van der Waals surface area contributed by atoms with Gasteiger partial charge in [0.25, 0.3) is 0 Å². The van der Waals surface area contributed by atoms with Crippen molar-refractivity contribution in [3.8, 4) is 0 Å². The van der Waals surface area contributed by atoms with Crippen LogP contribution in [-0.4, -0.2) is 4.98 Å². The number of pyridine rings is 1. The Bertz CT molecular complexity index is 1130. The van der Waals surface area contributed by atoms with Gasteiger partial charge in [0, 0.05) is 0 Å². The maximum atomic E-state index is 5.03. The van der Waals surface area contributed by atoms with Gasteiger partial charge >= 0.3 is 0 Å².